The van der Waals surface area contributed by atoms with Crippen molar-refractivity contribution in [3.8, 4) is 0 Å². The molecule has 43 heavy (non-hydrogen) atoms. The molecule has 2 aromatic carbocycles. The van der Waals surface area contributed by atoms with Crippen molar-refractivity contribution >= 4 is 51.3 Å². The first-order chi connectivity index (χ1) is 20.6. The van der Waals surface area contributed by atoms with Crippen LogP contribution in [0.25, 0.3) is 21.9 Å². The number of carbonyl (C=O) groups excluding carboxylic acids is 2. The van der Waals surface area contributed by atoms with Gasteiger partial charge in [-0.05, 0) is 68.4 Å². The van der Waals surface area contributed by atoms with Crippen LogP contribution >= 0.6 is 11.6 Å². The second-order valence-electron chi connectivity index (χ2n) is 11.2. The third kappa shape index (κ3) is 6.77. The highest BCUT2D eigenvalue weighted by Crippen LogP contribution is 2.35. The molecule has 10 heteroatoms. The fourth-order valence-electron chi connectivity index (χ4n) is 5.82. The lowest BCUT2D eigenvalue weighted by molar-refractivity contribution is -0.142. The molecular formula is C33H35ClN2O7. The zero-order chi connectivity index (χ0) is 30.7. The monoisotopic (exact) mass is 606 g/mol. The number of carboxylic acid groups (broad SMARTS) is 1. The van der Waals surface area contributed by atoms with Crippen molar-refractivity contribution in [2.75, 3.05) is 0 Å². The summed E-state index contributed by atoms with van der Waals surface area (Å²) < 4.78 is 11.7. The van der Waals surface area contributed by atoms with Gasteiger partial charge >= 0.3 is 11.6 Å². The van der Waals surface area contributed by atoms with Crippen LogP contribution in [0.4, 0.5) is 0 Å². The standard InChI is InChI=1S/C33H35ClN2O7/c1-3-6-25(31(38)36-26(32(39)40)15-19-9-11-20(34)12-10-19)35-30(37)14-13-21-18(2)23-16-24-22-7-4-5-8-27(22)42-29(24)17-28(23)43-33(21)41/h9-12,16-17,25-26H,3-8,13-15H2,1-2H3,(H,35,37)(H,36,38)(H,39,40)/t25-,26+/m1/s1. The van der Waals surface area contributed by atoms with E-state index in [9.17, 15) is 24.3 Å². The van der Waals surface area contributed by atoms with Gasteiger partial charge in [-0.3, -0.25) is 9.59 Å². The van der Waals surface area contributed by atoms with Crippen molar-refractivity contribution in [3.05, 3.63) is 79.9 Å². The number of hydrogen-bond acceptors (Lipinski definition) is 6. The summed E-state index contributed by atoms with van der Waals surface area (Å²) >= 11 is 5.92. The van der Waals surface area contributed by atoms with Gasteiger partial charge in [-0.25, -0.2) is 9.59 Å². The van der Waals surface area contributed by atoms with Gasteiger partial charge in [-0.1, -0.05) is 37.1 Å². The summed E-state index contributed by atoms with van der Waals surface area (Å²) in [6.07, 6.45) is 5.14. The van der Waals surface area contributed by atoms with Crippen LogP contribution in [0.2, 0.25) is 5.02 Å². The SMILES string of the molecule is CCC[C@@H](NC(=O)CCc1c(C)c2cc3c4c(oc3cc2oc1=O)CCCC4)C(=O)N[C@@H](Cc1ccc(Cl)cc1)C(=O)O. The number of rotatable bonds is 11. The van der Waals surface area contributed by atoms with Crippen molar-refractivity contribution in [2.45, 2.75) is 83.7 Å². The number of benzene rings is 2. The van der Waals surface area contributed by atoms with E-state index in [1.807, 2.05) is 19.9 Å². The first kappa shape index (κ1) is 30.4. The van der Waals surface area contributed by atoms with Crippen molar-refractivity contribution in [2.24, 2.45) is 0 Å². The summed E-state index contributed by atoms with van der Waals surface area (Å²) in [6.45, 7) is 3.72. The van der Waals surface area contributed by atoms with Crippen LogP contribution in [0, 0.1) is 6.92 Å². The number of aryl methyl sites for hydroxylation is 3. The maximum Gasteiger partial charge on any atom is 0.339 e. The maximum atomic E-state index is 13.1. The molecule has 226 valence electrons. The summed E-state index contributed by atoms with van der Waals surface area (Å²) in [7, 11) is 0. The maximum absolute atomic E-state index is 13.1. The molecule has 2 amide bonds. The van der Waals surface area contributed by atoms with Gasteiger partial charge in [-0.15, -0.1) is 0 Å². The van der Waals surface area contributed by atoms with E-state index in [4.69, 9.17) is 20.4 Å². The van der Waals surface area contributed by atoms with E-state index in [0.29, 0.717) is 40.2 Å². The number of furan rings is 1. The van der Waals surface area contributed by atoms with Crippen LogP contribution in [0.15, 0.2) is 50.0 Å². The Morgan fingerprint density at radius 3 is 2.42 bits per heavy atom. The zero-order valence-corrected chi connectivity index (χ0v) is 25.0. The number of carbonyl (C=O) groups is 3. The number of nitrogens with one attached hydrogen (secondary N) is 2. The lowest BCUT2D eigenvalue weighted by atomic mass is 9.94. The molecule has 2 aromatic heterocycles. The predicted molar refractivity (Wildman–Crippen MR) is 164 cm³/mol. The molecule has 9 nitrogen and oxygen atoms in total. The summed E-state index contributed by atoms with van der Waals surface area (Å²) in [4.78, 5) is 50.8. The first-order valence-corrected chi connectivity index (χ1v) is 15.1. The number of carboxylic acids is 1. The van der Waals surface area contributed by atoms with Gasteiger partial charge in [0, 0.05) is 52.3 Å². The normalized spacial score (nSPS) is 14.3. The number of amides is 2. The molecule has 0 saturated heterocycles. The highest BCUT2D eigenvalue weighted by molar-refractivity contribution is 6.30. The van der Waals surface area contributed by atoms with E-state index < -0.39 is 35.5 Å². The third-order valence-corrected chi connectivity index (χ3v) is 8.41. The molecule has 0 bridgehead atoms. The number of fused-ring (bicyclic) bond motifs is 4. The summed E-state index contributed by atoms with van der Waals surface area (Å²) in [5.41, 5.74) is 3.72. The van der Waals surface area contributed by atoms with Crippen molar-refractivity contribution in [1.29, 1.82) is 0 Å². The van der Waals surface area contributed by atoms with Gasteiger partial charge in [0.2, 0.25) is 11.8 Å². The van der Waals surface area contributed by atoms with Gasteiger partial charge in [0.25, 0.3) is 0 Å². The molecular weight excluding hydrogens is 572 g/mol. The van der Waals surface area contributed by atoms with Crippen molar-refractivity contribution < 1.29 is 28.3 Å². The summed E-state index contributed by atoms with van der Waals surface area (Å²) in [6, 6.07) is 8.41. The van der Waals surface area contributed by atoms with Crippen LogP contribution < -0.4 is 16.3 Å². The summed E-state index contributed by atoms with van der Waals surface area (Å²) in [5, 5.41) is 17.4. The van der Waals surface area contributed by atoms with E-state index in [-0.39, 0.29) is 19.3 Å². The predicted octanol–water partition coefficient (Wildman–Crippen LogP) is 5.41. The van der Waals surface area contributed by atoms with E-state index in [1.54, 1.807) is 30.3 Å². The average molecular weight is 607 g/mol. The van der Waals surface area contributed by atoms with Gasteiger partial charge in [-0.2, -0.15) is 0 Å². The van der Waals surface area contributed by atoms with Crippen LogP contribution in [0.5, 0.6) is 0 Å². The van der Waals surface area contributed by atoms with Gasteiger partial charge in [0.05, 0.1) is 0 Å². The topological polar surface area (TPSA) is 139 Å². The van der Waals surface area contributed by atoms with Crippen LogP contribution in [-0.2, 0) is 40.1 Å². The molecule has 1 aliphatic carbocycles. The van der Waals surface area contributed by atoms with E-state index in [1.165, 1.54) is 5.56 Å². The average Bonchev–Trinajstić information content (AvgIpc) is 3.34. The molecule has 5 rings (SSSR count). The quantitative estimate of drug-likeness (QED) is 0.194. The number of hydrogen-bond donors (Lipinski definition) is 3. The molecule has 0 aliphatic heterocycles. The molecule has 3 N–H and O–H groups in total. The fourth-order valence-corrected chi connectivity index (χ4v) is 5.95. The Kier molecular flexibility index (Phi) is 9.20. The molecule has 0 fully saturated rings. The lowest BCUT2D eigenvalue weighted by Gasteiger charge is -2.21. The number of halogens is 1. The third-order valence-electron chi connectivity index (χ3n) is 8.16. The Labute approximate surface area is 253 Å². The minimum absolute atomic E-state index is 0.0406. The molecule has 0 spiro atoms. The Balaban J connectivity index is 1.27. The van der Waals surface area contributed by atoms with E-state index in [0.717, 1.165) is 47.8 Å². The van der Waals surface area contributed by atoms with Crippen LogP contribution in [0.3, 0.4) is 0 Å². The highest BCUT2D eigenvalue weighted by Gasteiger charge is 2.27. The highest BCUT2D eigenvalue weighted by atomic mass is 35.5. The Hall–Kier alpha value is -4.11. The molecule has 2 atom stereocenters. The Bertz CT molecular complexity index is 1740. The number of aliphatic carboxylic acids is 1. The van der Waals surface area contributed by atoms with Crippen molar-refractivity contribution in [3.63, 3.8) is 0 Å². The molecule has 1 aliphatic rings. The zero-order valence-electron chi connectivity index (χ0n) is 24.3. The second kappa shape index (κ2) is 13.0. The lowest BCUT2D eigenvalue weighted by Crippen LogP contribution is -2.52. The molecule has 2 heterocycles. The Morgan fingerprint density at radius 2 is 1.70 bits per heavy atom. The van der Waals surface area contributed by atoms with Crippen LogP contribution in [-0.4, -0.2) is 35.0 Å². The molecule has 0 saturated carbocycles. The van der Waals surface area contributed by atoms with E-state index in [2.05, 4.69) is 10.6 Å². The Morgan fingerprint density at radius 1 is 0.977 bits per heavy atom. The minimum atomic E-state index is -1.18. The van der Waals surface area contributed by atoms with Crippen LogP contribution in [0.1, 0.15) is 67.0 Å². The van der Waals surface area contributed by atoms with Gasteiger partial charge in [0.1, 0.15) is 29.0 Å². The molecule has 0 radical (unpaired) electrons. The summed E-state index contributed by atoms with van der Waals surface area (Å²) in [5.74, 6) is -1.18. The smallest absolute Gasteiger partial charge is 0.339 e. The second-order valence-corrected chi connectivity index (χ2v) is 11.6. The van der Waals surface area contributed by atoms with Gasteiger partial charge in [0.15, 0.2) is 0 Å². The minimum Gasteiger partial charge on any atom is -0.480 e. The molecule has 4 aromatic rings. The van der Waals surface area contributed by atoms with E-state index >= 15 is 0 Å². The van der Waals surface area contributed by atoms with Gasteiger partial charge < -0.3 is 24.6 Å². The fraction of sp³-hybridized carbons (Fsp3) is 0.394. The molecule has 0 unspecified atom stereocenters. The van der Waals surface area contributed by atoms with Crippen molar-refractivity contribution in [1.82, 2.24) is 10.6 Å². The first-order valence-electron chi connectivity index (χ1n) is 14.7. The largest absolute Gasteiger partial charge is 0.480 e.